The van der Waals surface area contributed by atoms with E-state index in [2.05, 4.69) is 23.2 Å². The number of hydrogen-bond acceptors (Lipinski definition) is 4. The number of benzene rings is 1. The van der Waals surface area contributed by atoms with Crippen LogP contribution in [0.2, 0.25) is 0 Å². The summed E-state index contributed by atoms with van der Waals surface area (Å²) < 4.78 is 5.23. The summed E-state index contributed by atoms with van der Waals surface area (Å²) in [5.41, 5.74) is 1.57. The average molecular weight is 273 g/mol. The first-order valence-corrected chi connectivity index (χ1v) is 7.33. The van der Waals surface area contributed by atoms with Crippen molar-refractivity contribution in [1.82, 2.24) is 4.90 Å². The van der Waals surface area contributed by atoms with Gasteiger partial charge >= 0.3 is 0 Å². The molecular weight excluding hydrogens is 250 g/mol. The van der Waals surface area contributed by atoms with Gasteiger partial charge in [-0.1, -0.05) is 6.92 Å². The molecule has 1 heterocycles. The molecule has 1 saturated heterocycles. The molecule has 108 valence electrons. The second-order valence-corrected chi connectivity index (χ2v) is 5.28. The molecule has 4 heteroatoms. The fourth-order valence-electron chi connectivity index (χ4n) is 2.70. The molecule has 1 aliphatic heterocycles. The predicted molar refractivity (Wildman–Crippen MR) is 81.1 cm³/mol. The van der Waals surface area contributed by atoms with Gasteiger partial charge in [-0.15, -0.1) is 0 Å². The Bertz CT molecular complexity index is 473. The summed E-state index contributed by atoms with van der Waals surface area (Å²) >= 11 is 0. The summed E-state index contributed by atoms with van der Waals surface area (Å²) in [6, 6.07) is 8.24. The summed E-state index contributed by atoms with van der Waals surface area (Å²) in [5, 5.41) is 12.7. The van der Waals surface area contributed by atoms with Gasteiger partial charge < -0.3 is 15.0 Å². The van der Waals surface area contributed by atoms with Crippen LogP contribution < -0.4 is 10.1 Å². The maximum absolute atomic E-state index is 9.18. The monoisotopic (exact) mass is 273 g/mol. The highest BCUT2D eigenvalue weighted by atomic mass is 16.5. The lowest BCUT2D eigenvalue weighted by atomic mass is 10.0. The Morgan fingerprint density at radius 1 is 1.40 bits per heavy atom. The highest BCUT2D eigenvalue weighted by Gasteiger charge is 2.19. The van der Waals surface area contributed by atoms with Crippen LogP contribution in [0.4, 0.5) is 5.69 Å². The lowest BCUT2D eigenvalue weighted by Gasteiger charge is -2.32. The number of likely N-dealkylation sites (tertiary alicyclic amines) is 1. The lowest BCUT2D eigenvalue weighted by molar-refractivity contribution is 0.219. The number of ether oxygens (including phenoxy) is 1. The van der Waals surface area contributed by atoms with Crippen LogP contribution in [0.15, 0.2) is 18.2 Å². The zero-order chi connectivity index (χ0) is 14.4. The molecule has 2 rings (SSSR count). The Labute approximate surface area is 121 Å². The fourth-order valence-corrected chi connectivity index (χ4v) is 2.70. The third kappa shape index (κ3) is 3.64. The standard InChI is InChI=1S/C16H23N3O/c1-3-8-19-9-6-14(7-10-19)18-16-11-15(20-2)5-4-13(16)12-17/h4-5,11,14,18H,3,6-10H2,1-2H3. The number of piperidine rings is 1. The van der Waals surface area contributed by atoms with Gasteiger partial charge in [0.15, 0.2) is 0 Å². The highest BCUT2D eigenvalue weighted by Crippen LogP contribution is 2.24. The van der Waals surface area contributed by atoms with Crippen molar-refractivity contribution in [2.24, 2.45) is 0 Å². The van der Waals surface area contributed by atoms with Crippen molar-refractivity contribution in [3.8, 4) is 11.8 Å². The number of methoxy groups -OCH3 is 1. The Morgan fingerprint density at radius 3 is 2.75 bits per heavy atom. The molecule has 0 atom stereocenters. The third-order valence-corrected chi connectivity index (χ3v) is 3.83. The molecule has 20 heavy (non-hydrogen) atoms. The smallest absolute Gasteiger partial charge is 0.121 e. The summed E-state index contributed by atoms with van der Waals surface area (Å²) in [6.45, 7) is 5.68. The molecule has 1 N–H and O–H groups in total. The summed E-state index contributed by atoms with van der Waals surface area (Å²) in [4.78, 5) is 2.51. The van der Waals surface area contributed by atoms with Gasteiger partial charge in [0, 0.05) is 25.2 Å². The highest BCUT2D eigenvalue weighted by molar-refractivity contribution is 5.60. The summed E-state index contributed by atoms with van der Waals surface area (Å²) in [6.07, 6.45) is 3.47. The molecule has 4 nitrogen and oxygen atoms in total. The van der Waals surface area contributed by atoms with Crippen LogP contribution in [0.1, 0.15) is 31.7 Å². The van der Waals surface area contributed by atoms with Crippen molar-refractivity contribution in [3.63, 3.8) is 0 Å². The molecule has 0 radical (unpaired) electrons. The van der Waals surface area contributed by atoms with Gasteiger partial charge in [0.2, 0.25) is 0 Å². The molecule has 0 aromatic heterocycles. The molecule has 0 bridgehead atoms. The van der Waals surface area contributed by atoms with E-state index < -0.39 is 0 Å². The van der Waals surface area contributed by atoms with Crippen LogP contribution in [0, 0.1) is 11.3 Å². The van der Waals surface area contributed by atoms with E-state index >= 15 is 0 Å². The predicted octanol–water partition coefficient (Wildman–Crippen LogP) is 2.85. The van der Waals surface area contributed by atoms with Crippen LogP contribution in [-0.4, -0.2) is 37.7 Å². The molecule has 1 fully saturated rings. The lowest BCUT2D eigenvalue weighted by Crippen LogP contribution is -2.39. The fraction of sp³-hybridized carbons (Fsp3) is 0.562. The number of nitrogens with zero attached hydrogens (tertiary/aromatic N) is 2. The molecular formula is C16H23N3O. The van der Waals surface area contributed by atoms with Gasteiger partial charge in [0.05, 0.1) is 18.4 Å². The van der Waals surface area contributed by atoms with Crippen molar-refractivity contribution < 1.29 is 4.74 Å². The largest absolute Gasteiger partial charge is 0.497 e. The molecule has 1 aromatic carbocycles. The van der Waals surface area contributed by atoms with Crippen molar-refractivity contribution >= 4 is 5.69 Å². The Hall–Kier alpha value is -1.73. The summed E-state index contributed by atoms with van der Waals surface area (Å²) in [7, 11) is 1.65. The van der Waals surface area contributed by atoms with E-state index in [0.717, 1.165) is 37.4 Å². The normalized spacial score (nSPS) is 16.6. The number of rotatable bonds is 5. The molecule has 1 aromatic rings. The average Bonchev–Trinajstić information content (AvgIpc) is 2.49. The van der Waals surface area contributed by atoms with Gasteiger partial charge in [0.1, 0.15) is 11.8 Å². The van der Waals surface area contributed by atoms with Crippen LogP contribution in [0.5, 0.6) is 5.75 Å². The quantitative estimate of drug-likeness (QED) is 0.896. The Morgan fingerprint density at radius 2 is 2.15 bits per heavy atom. The SMILES string of the molecule is CCCN1CCC(Nc2cc(OC)ccc2C#N)CC1. The van der Waals surface area contributed by atoms with Gasteiger partial charge in [-0.3, -0.25) is 0 Å². The third-order valence-electron chi connectivity index (χ3n) is 3.83. The maximum Gasteiger partial charge on any atom is 0.121 e. The second kappa shape index (κ2) is 7.16. The first kappa shape index (κ1) is 14.7. The van der Waals surface area contributed by atoms with Crippen molar-refractivity contribution in [1.29, 1.82) is 5.26 Å². The van der Waals surface area contributed by atoms with Gasteiger partial charge in [-0.25, -0.2) is 0 Å². The molecule has 1 aliphatic rings. The molecule has 0 saturated carbocycles. The van der Waals surface area contributed by atoms with Crippen LogP contribution in [-0.2, 0) is 0 Å². The second-order valence-electron chi connectivity index (χ2n) is 5.28. The van der Waals surface area contributed by atoms with E-state index in [1.807, 2.05) is 18.2 Å². The Kier molecular flexibility index (Phi) is 5.25. The van der Waals surface area contributed by atoms with Crippen molar-refractivity contribution in [2.45, 2.75) is 32.2 Å². The van der Waals surface area contributed by atoms with E-state index in [1.165, 1.54) is 13.0 Å². The minimum atomic E-state index is 0.447. The Balaban J connectivity index is 1.98. The summed E-state index contributed by atoms with van der Waals surface area (Å²) in [5.74, 6) is 0.787. The van der Waals surface area contributed by atoms with Gasteiger partial charge in [0.25, 0.3) is 0 Å². The van der Waals surface area contributed by atoms with E-state index in [-0.39, 0.29) is 0 Å². The van der Waals surface area contributed by atoms with E-state index in [4.69, 9.17) is 4.74 Å². The van der Waals surface area contributed by atoms with E-state index in [0.29, 0.717) is 11.6 Å². The number of hydrogen-bond donors (Lipinski definition) is 1. The van der Waals surface area contributed by atoms with Crippen molar-refractivity contribution in [2.75, 3.05) is 32.1 Å². The first-order valence-electron chi connectivity index (χ1n) is 7.33. The maximum atomic E-state index is 9.18. The topological polar surface area (TPSA) is 48.3 Å². The zero-order valence-electron chi connectivity index (χ0n) is 12.4. The minimum absolute atomic E-state index is 0.447. The van der Waals surface area contributed by atoms with Gasteiger partial charge in [-0.05, 0) is 37.9 Å². The number of nitriles is 1. The van der Waals surface area contributed by atoms with Crippen molar-refractivity contribution in [3.05, 3.63) is 23.8 Å². The zero-order valence-corrected chi connectivity index (χ0v) is 12.4. The van der Waals surface area contributed by atoms with E-state index in [1.54, 1.807) is 7.11 Å². The van der Waals surface area contributed by atoms with Crippen LogP contribution in [0.3, 0.4) is 0 Å². The molecule has 0 unspecified atom stereocenters. The number of anilines is 1. The molecule has 0 spiro atoms. The van der Waals surface area contributed by atoms with Gasteiger partial charge in [-0.2, -0.15) is 5.26 Å². The van der Waals surface area contributed by atoms with E-state index in [9.17, 15) is 5.26 Å². The molecule has 0 amide bonds. The number of nitrogens with one attached hydrogen (secondary N) is 1. The molecule has 0 aliphatic carbocycles. The first-order chi connectivity index (χ1) is 9.76. The van der Waals surface area contributed by atoms with Crippen LogP contribution in [0.25, 0.3) is 0 Å². The van der Waals surface area contributed by atoms with Crippen LogP contribution >= 0.6 is 0 Å². The minimum Gasteiger partial charge on any atom is -0.497 e.